The maximum absolute atomic E-state index is 12.7. The summed E-state index contributed by atoms with van der Waals surface area (Å²) < 4.78 is 0. The van der Waals surface area contributed by atoms with Crippen LogP contribution in [0.1, 0.15) is 20.7 Å². The fourth-order valence-corrected chi connectivity index (χ4v) is 3.59. The molecule has 29 heavy (non-hydrogen) atoms. The number of hydrogen-bond donors (Lipinski definition) is 0. The molecule has 0 saturated carbocycles. The van der Waals surface area contributed by atoms with Gasteiger partial charge in [-0.15, -0.1) is 0 Å². The number of carboxylic acids is 1. The van der Waals surface area contributed by atoms with Crippen molar-refractivity contribution in [3.05, 3.63) is 90.0 Å². The van der Waals surface area contributed by atoms with E-state index in [1.165, 1.54) is 23.3 Å². The first-order valence-corrected chi connectivity index (χ1v) is 9.63. The second-order valence-electron chi connectivity index (χ2n) is 7.06. The number of carbonyl (C=O) groups excluding carboxylic acids is 2. The zero-order chi connectivity index (χ0) is 20.2. The predicted molar refractivity (Wildman–Crippen MR) is 111 cm³/mol. The zero-order valence-corrected chi connectivity index (χ0v) is 16.0. The van der Waals surface area contributed by atoms with Crippen molar-refractivity contribution in [3.63, 3.8) is 0 Å². The summed E-state index contributed by atoms with van der Waals surface area (Å²) in [4.78, 5) is 27.6. The van der Waals surface area contributed by atoms with E-state index >= 15 is 0 Å². The monoisotopic (exact) mass is 385 g/mol. The summed E-state index contributed by atoms with van der Waals surface area (Å²) in [6.45, 7) is 2.77. The number of carboxylic acid groups (broad SMARTS) is 1. The lowest BCUT2D eigenvalue weighted by Crippen LogP contribution is -2.48. The second kappa shape index (κ2) is 8.19. The Bertz CT molecular complexity index is 991. The molecule has 5 nitrogen and oxygen atoms in total. The minimum absolute atomic E-state index is 0.0744. The van der Waals surface area contributed by atoms with Crippen LogP contribution < -0.4 is 10.0 Å². The molecule has 5 heteroatoms. The molecule has 1 saturated heterocycles. The van der Waals surface area contributed by atoms with Crippen LogP contribution in [0.2, 0.25) is 0 Å². The van der Waals surface area contributed by atoms with Gasteiger partial charge in [-0.05, 0) is 41.0 Å². The summed E-state index contributed by atoms with van der Waals surface area (Å²) in [6.07, 6.45) is 0. The van der Waals surface area contributed by atoms with Gasteiger partial charge in [-0.25, -0.2) is 0 Å². The number of nitrogens with zero attached hydrogens (tertiary/aromatic N) is 2. The van der Waals surface area contributed by atoms with Gasteiger partial charge < -0.3 is 19.7 Å². The highest BCUT2D eigenvalue weighted by atomic mass is 16.4. The molecule has 1 fully saturated rings. The molecule has 4 rings (SSSR count). The number of rotatable bonds is 4. The van der Waals surface area contributed by atoms with Crippen molar-refractivity contribution in [2.45, 2.75) is 0 Å². The Labute approximate surface area is 169 Å². The molecule has 0 spiro atoms. The molecule has 0 bridgehead atoms. The molecule has 3 aromatic rings. The zero-order valence-electron chi connectivity index (χ0n) is 16.0. The number of amides is 1. The van der Waals surface area contributed by atoms with Crippen LogP contribution in [0.25, 0.3) is 11.1 Å². The lowest BCUT2D eigenvalue weighted by molar-refractivity contribution is -0.255. The van der Waals surface area contributed by atoms with Gasteiger partial charge >= 0.3 is 0 Å². The number of hydrogen-bond acceptors (Lipinski definition) is 4. The summed E-state index contributed by atoms with van der Waals surface area (Å²) in [7, 11) is 0. The minimum Gasteiger partial charge on any atom is -0.545 e. The fourth-order valence-electron chi connectivity index (χ4n) is 3.59. The Hall–Kier alpha value is -3.60. The van der Waals surface area contributed by atoms with Crippen molar-refractivity contribution >= 4 is 17.6 Å². The van der Waals surface area contributed by atoms with Crippen molar-refractivity contribution in [1.29, 1.82) is 0 Å². The lowest BCUT2D eigenvalue weighted by atomic mass is 10.1. The van der Waals surface area contributed by atoms with Crippen molar-refractivity contribution in [1.82, 2.24) is 4.90 Å². The van der Waals surface area contributed by atoms with Crippen LogP contribution >= 0.6 is 0 Å². The van der Waals surface area contributed by atoms with E-state index in [9.17, 15) is 14.7 Å². The summed E-state index contributed by atoms with van der Waals surface area (Å²) in [6, 6.07) is 24.7. The normalized spacial score (nSPS) is 13.9. The van der Waals surface area contributed by atoms with Crippen molar-refractivity contribution in [2.75, 3.05) is 31.1 Å². The summed E-state index contributed by atoms with van der Waals surface area (Å²) in [5.74, 6) is -1.31. The Morgan fingerprint density at radius 1 is 0.655 bits per heavy atom. The molecular formula is C24H21N2O3-. The van der Waals surface area contributed by atoms with E-state index in [0.717, 1.165) is 18.8 Å². The molecule has 1 aliphatic heterocycles. The number of aromatic carboxylic acids is 1. The number of anilines is 1. The van der Waals surface area contributed by atoms with E-state index in [1.54, 1.807) is 12.1 Å². The molecule has 0 aromatic heterocycles. The van der Waals surface area contributed by atoms with E-state index < -0.39 is 5.97 Å². The molecule has 3 aromatic carbocycles. The topological polar surface area (TPSA) is 63.7 Å². The van der Waals surface area contributed by atoms with E-state index in [2.05, 4.69) is 41.3 Å². The molecular weight excluding hydrogens is 364 g/mol. The van der Waals surface area contributed by atoms with Gasteiger partial charge in [-0.3, -0.25) is 4.79 Å². The van der Waals surface area contributed by atoms with Gasteiger partial charge in [0, 0.05) is 37.4 Å². The van der Waals surface area contributed by atoms with E-state index in [-0.39, 0.29) is 11.5 Å². The van der Waals surface area contributed by atoms with E-state index in [4.69, 9.17) is 0 Å². The standard InChI is InChI=1S/C24H22N2O3/c27-23(20-6-8-21(9-7-20)24(28)29)26-16-14-25(15-17-26)22-12-10-19(11-13-22)18-4-2-1-3-5-18/h1-13H,14-17H2,(H,28,29)/p-1. The molecule has 0 unspecified atom stereocenters. The number of piperazine rings is 1. The smallest absolute Gasteiger partial charge is 0.253 e. The van der Waals surface area contributed by atoms with Gasteiger partial charge in [0.05, 0.1) is 5.97 Å². The average Bonchev–Trinajstić information content (AvgIpc) is 2.79. The third-order valence-electron chi connectivity index (χ3n) is 5.27. The molecule has 146 valence electrons. The van der Waals surface area contributed by atoms with Crippen LogP contribution in [0.3, 0.4) is 0 Å². The van der Waals surface area contributed by atoms with Gasteiger partial charge in [-0.1, -0.05) is 54.6 Å². The average molecular weight is 385 g/mol. The Morgan fingerprint density at radius 2 is 1.21 bits per heavy atom. The van der Waals surface area contributed by atoms with Crippen LogP contribution in [0, 0.1) is 0 Å². The van der Waals surface area contributed by atoms with E-state index in [1.807, 2.05) is 23.1 Å². The van der Waals surface area contributed by atoms with Gasteiger partial charge in [0.2, 0.25) is 0 Å². The lowest BCUT2D eigenvalue weighted by Gasteiger charge is -2.36. The van der Waals surface area contributed by atoms with Crippen LogP contribution in [-0.4, -0.2) is 43.0 Å². The first-order valence-electron chi connectivity index (χ1n) is 9.63. The first-order chi connectivity index (χ1) is 14.1. The summed E-state index contributed by atoms with van der Waals surface area (Å²) in [5.41, 5.74) is 4.10. The maximum Gasteiger partial charge on any atom is 0.253 e. The molecule has 1 aliphatic rings. The molecule has 0 aliphatic carbocycles. The highest BCUT2D eigenvalue weighted by molar-refractivity contribution is 5.95. The number of benzene rings is 3. The minimum atomic E-state index is -1.24. The maximum atomic E-state index is 12.7. The fraction of sp³-hybridized carbons (Fsp3) is 0.167. The highest BCUT2D eigenvalue weighted by Crippen LogP contribution is 2.24. The molecule has 0 N–H and O–H groups in total. The van der Waals surface area contributed by atoms with Gasteiger partial charge in [-0.2, -0.15) is 0 Å². The number of carbonyl (C=O) groups is 2. The molecule has 1 amide bonds. The SMILES string of the molecule is O=C([O-])c1ccc(C(=O)N2CCN(c3ccc(-c4ccccc4)cc3)CC2)cc1. The molecule has 0 atom stereocenters. The Balaban J connectivity index is 1.37. The predicted octanol–water partition coefficient (Wildman–Crippen LogP) is 2.68. The quantitative estimate of drug-likeness (QED) is 0.693. The first kappa shape index (κ1) is 18.7. The van der Waals surface area contributed by atoms with Crippen molar-refractivity contribution < 1.29 is 14.7 Å². The van der Waals surface area contributed by atoms with Crippen LogP contribution in [0.5, 0.6) is 0 Å². The highest BCUT2D eigenvalue weighted by Gasteiger charge is 2.22. The van der Waals surface area contributed by atoms with Gasteiger partial charge in [0.15, 0.2) is 0 Å². The largest absolute Gasteiger partial charge is 0.545 e. The summed E-state index contributed by atoms with van der Waals surface area (Å²) in [5, 5.41) is 10.8. The Kier molecular flexibility index (Phi) is 5.29. The third kappa shape index (κ3) is 4.14. The third-order valence-corrected chi connectivity index (χ3v) is 5.27. The van der Waals surface area contributed by atoms with Gasteiger partial charge in [0.1, 0.15) is 0 Å². The molecule has 0 radical (unpaired) electrons. The van der Waals surface area contributed by atoms with Crippen molar-refractivity contribution in [2.24, 2.45) is 0 Å². The van der Waals surface area contributed by atoms with Crippen LogP contribution in [0.4, 0.5) is 5.69 Å². The summed E-state index contributed by atoms with van der Waals surface area (Å²) >= 11 is 0. The van der Waals surface area contributed by atoms with Crippen LogP contribution in [0.15, 0.2) is 78.9 Å². The van der Waals surface area contributed by atoms with Crippen LogP contribution in [-0.2, 0) is 0 Å². The second-order valence-corrected chi connectivity index (χ2v) is 7.06. The van der Waals surface area contributed by atoms with E-state index in [0.29, 0.717) is 18.7 Å². The van der Waals surface area contributed by atoms with Gasteiger partial charge in [0.25, 0.3) is 5.91 Å². The van der Waals surface area contributed by atoms with Crippen molar-refractivity contribution in [3.8, 4) is 11.1 Å². The Morgan fingerprint density at radius 3 is 1.79 bits per heavy atom. The molecule has 1 heterocycles.